The first kappa shape index (κ1) is 15.6. The summed E-state index contributed by atoms with van der Waals surface area (Å²) in [5, 5.41) is 3.78. The number of amides is 1. The first-order valence-corrected chi connectivity index (χ1v) is 7.31. The molecule has 0 bridgehead atoms. The Kier molecular flexibility index (Phi) is 5.41. The van der Waals surface area contributed by atoms with Crippen molar-refractivity contribution in [1.29, 1.82) is 0 Å². The number of rotatable bonds is 6. The van der Waals surface area contributed by atoms with E-state index in [4.69, 9.17) is 4.74 Å². The van der Waals surface area contributed by atoms with Crippen LogP contribution in [0.4, 0.5) is 8.78 Å². The molecule has 0 saturated heterocycles. The molecular weight excluding hydrogens is 296 g/mol. The Bertz CT molecular complexity index is 581. The molecule has 1 aromatic carbocycles. The number of hydrogen-bond acceptors (Lipinski definition) is 3. The zero-order valence-corrected chi connectivity index (χ0v) is 12.3. The summed E-state index contributed by atoms with van der Waals surface area (Å²) in [5.74, 6) is -2.38. The van der Waals surface area contributed by atoms with Crippen LogP contribution in [-0.2, 0) is 11.3 Å². The van der Waals surface area contributed by atoms with Gasteiger partial charge in [0.05, 0.1) is 6.61 Å². The predicted octanol–water partition coefficient (Wildman–Crippen LogP) is 3.32. The maximum Gasteiger partial charge on any atom is 0.260 e. The second-order valence-electron chi connectivity index (χ2n) is 4.45. The van der Waals surface area contributed by atoms with Crippen LogP contribution in [-0.4, -0.2) is 31.1 Å². The number of nitrogens with zero attached hydrogens (tertiary/aromatic N) is 1. The van der Waals surface area contributed by atoms with Crippen LogP contribution in [0.15, 0.2) is 35.0 Å². The zero-order chi connectivity index (χ0) is 15.2. The van der Waals surface area contributed by atoms with Crippen molar-refractivity contribution in [3.63, 3.8) is 0 Å². The van der Waals surface area contributed by atoms with Crippen LogP contribution < -0.4 is 0 Å². The Balaban J connectivity index is 2.25. The van der Waals surface area contributed by atoms with Crippen molar-refractivity contribution < 1.29 is 18.3 Å². The van der Waals surface area contributed by atoms with Crippen molar-refractivity contribution in [2.75, 3.05) is 20.3 Å². The molecule has 0 radical (unpaired) electrons. The molecule has 0 fully saturated rings. The highest BCUT2D eigenvalue weighted by Gasteiger charge is 2.23. The number of hydrogen-bond donors (Lipinski definition) is 0. The average Bonchev–Trinajstić information content (AvgIpc) is 2.96. The van der Waals surface area contributed by atoms with Crippen LogP contribution >= 0.6 is 11.3 Å². The van der Waals surface area contributed by atoms with E-state index in [1.807, 2.05) is 16.8 Å². The number of carbonyl (C=O) groups is 1. The number of carbonyl (C=O) groups excluding carboxylic acids is 1. The fourth-order valence-electron chi connectivity index (χ4n) is 1.92. The largest absolute Gasteiger partial charge is 0.383 e. The molecule has 0 aliphatic heterocycles. The normalized spacial score (nSPS) is 10.6. The minimum Gasteiger partial charge on any atom is -0.383 e. The van der Waals surface area contributed by atoms with Crippen molar-refractivity contribution in [2.45, 2.75) is 6.54 Å². The van der Waals surface area contributed by atoms with E-state index in [0.29, 0.717) is 13.2 Å². The van der Waals surface area contributed by atoms with Crippen molar-refractivity contribution >= 4 is 17.2 Å². The third-order valence-electron chi connectivity index (χ3n) is 2.98. The highest BCUT2D eigenvalue weighted by atomic mass is 32.1. The SMILES string of the molecule is COCCN(Cc1ccsc1)C(=O)c1c(F)cccc1F. The Morgan fingerprint density at radius 2 is 2.00 bits per heavy atom. The molecule has 6 heteroatoms. The molecule has 0 saturated carbocycles. The van der Waals surface area contributed by atoms with E-state index >= 15 is 0 Å². The Labute approximate surface area is 125 Å². The smallest absolute Gasteiger partial charge is 0.260 e. The van der Waals surface area contributed by atoms with Crippen LogP contribution in [0, 0.1) is 11.6 Å². The van der Waals surface area contributed by atoms with Crippen LogP contribution in [0.2, 0.25) is 0 Å². The van der Waals surface area contributed by atoms with E-state index < -0.39 is 23.1 Å². The van der Waals surface area contributed by atoms with E-state index in [-0.39, 0.29) is 6.54 Å². The molecule has 112 valence electrons. The summed E-state index contributed by atoms with van der Waals surface area (Å²) in [6, 6.07) is 5.26. The molecule has 0 N–H and O–H groups in total. The van der Waals surface area contributed by atoms with Crippen LogP contribution in [0.1, 0.15) is 15.9 Å². The molecule has 2 rings (SSSR count). The van der Waals surface area contributed by atoms with Gasteiger partial charge in [-0.05, 0) is 34.5 Å². The van der Waals surface area contributed by atoms with Crippen molar-refractivity contribution in [2.24, 2.45) is 0 Å². The Morgan fingerprint density at radius 1 is 1.29 bits per heavy atom. The van der Waals surface area contributed by atoms with Gasteiger partial charge in [0.15, 0.2) is 0 Å². The van der Waals surface area contributed by atoms with Gasteiger partial charge in [-0.1, -0.05) is 6.07 Å². The average molecular weight is 311 g/mol. The predicted molar refractivity (Wildman–Crippen MR) is 77.3 cm³/mol. The van der Waals surface area contributed by atoms with Gasteiger partial charge in [-0.3, -0.25) is 4.79 Å². The summed E-state index contributed by atoms with van der Waals surface area (Å²) in [5.41, 5.74) is 0.394. The molecule has 0 aliphatic rings. The first-order chi connectivity index (χ1) is 10.1. The molecule has 21 heavy (non-hydrogen) atoms. The minimum atomic E-state index is -0.854. The molecule has 2 aromatic rings. The minimum absolute atomic E-state index is 0.263. The van der Waals surface area contributed by atoms with E-state index in [1.54, 1.807) is 0 Å². The van der Waals surface area contributed by atoms with Crippen LogP contribution in [0.5, 0.6) is 0 Å². The van der Waals surface area contributed by atoms with Gasteiger partial charge >= 0.3 is 0 Å². The maximum absolute atomic E-state index is 13.7. The topological polar surface area (TPSA) is 29.5 Å². The molecule has 3 nitrogen and oxygen atoms in total. The lowest BCUT2D eigenvalue weighted by molar-refractivity contribution is 0.0671. The van der Waals surface area contributed by atoms with Gasteiger partial charge in [-0.2, -0.15) is 11.3 Å². The quantitative estimate of drug-likeness (QED) is 0.819. The molecule has 0 aliphatic carbocycles. The molecule has 0 unspecified atom stereocenters. The summed E-state index contributed by atoms with van der Waals surface area (Å²) in [4.78, 5) is 13.8. The number of benzene rings is 1. The van der Waals surface area contributed by atoms with Crippen LogP contribution in [0.25, 0.3) is 0 Å². The summed E-state index contributed by atoms with van der Waals surface area (Å²) in [6.45, 7) is 0.852. The molecule has 1 amide bonds. The lowest BCUT2D eigenvalue weighted by Crippen LogP contribution is -2.34. The van der Waals surface area contributed by atoms with Crippen molar-refractivity contribution in [1.82, 2.24) is 4.90 Å². The van der Waals surface area contributed by atoms with Gasteiger partial charge in [-0.15, -0.1) is 0 Å². The highest BCUT2D eigenvalue weighted by molar-refractivity contribution is 7.07. The number of halogens is 2. The number of ether oxygens (including phenoxy) is 1. The highest BCUT2D eigenvalue weighted by Crippen LogP contribution is 2.17. The Hall–Kier alpha value is -1.79. The lowest BCUT2D eigenvalue weighted by atomic mass is 10.1. The van der Waals surface area contributed by atoms with E-state index in [0.717, 1.165) is 17.7 Å². The number of thiophene rings is 1. The first-order valence-electron chi connectivity index (χ1n) is 6.36. The monoisotopic (exact) mass is 311 g/mol. The summed E-state index contributed by atoms with van der Waals surface area (Å²) >= 11 is 1.50. The molecule has 0 atom stereocenters. The Morgan fingerprint density at radius 3 is 2.57 bits per heavy atom. The van der Waals surface area contributed by atoms with Gasteiger partial charge in [0.2, 0.25) is 0 Å². The molecule has 1 aromatic heterocycles. The lowest BCUT2D eigenvalue weighted by Gasteiger charge is -2.22. The standard InChI is InChI=1S/C15H15F2NO2S/c1-20-7-6-18(9-11-5-8-21-10-11)15(19)14-12(16)3-2-4-13(14)17/h2-5,8,10H,6-7,9H2,1H3. The van der Waals surface area contributed by atoms with Gasteiger partial charge in [0.25, 0.3) is 5.91 Å². The summed E-state index contributed by atoms with van der Waals surface area (Å²) in [6.07, 6.45) is 0. The van der Waals surface area contributed by atoms with Gasteiger partial charge in [0.1, 0.15) is 17.2 Å². The molecule has 0 spiro atoms. The van der Waals surface area contributed by atoms with E-state index in [1.165, 1.54) is 29.4 Å². The van der Waals surface area contributed by atoms with Gasteiger partial charge < -0.3 is 9.64 Å². The fourth-order valence-corrected chi connectivity index (χ4v) is 2.58. The van der Waals surface area contributed by atoms with Gasteiger partial charge in [-0.25, -0.2) is 8.78 Å². The molecular formula is C15H15F2NO2S. The molecule has 1 heterocycles. The van der Waals surface area contributed by atoms with Crippen molar-refractivity contribution in [3.05, 3.63) is 57.8 Å². The fraction of sp³-hybridized carbons (Fsp3) is 0.267. The van der Waals surface area contributed by atoms with Gasteiger partial charge in [0, 0.05) is 20.2 Å². The number of methoxy groups -OCH3 is 1. The van der Waals surface area contributed by atoms with Crippen LogP contribution in [0.3, 0.4) is 0 Å². The zero-order valence-electron chi connectivity index (χ0n) is 11.5. The maximum atomic E-state index is 13.7. The third kappa shape index (κ3) is 3.86. The second kappa shape index (κ2) is 7.28. The van der Waals surface area contributed by atoms with E-state index in [2.05, 4.69) is 0 Å². The van der Waals surface area contributed by atoms with Crippen molar-refractivity contribution in [3.8, 4) is 0 Å². The third-order valence-corrected chi connectivity index (χ3v) is 3.71. The second-order valence-corrected chi connectivity index (χ2v) is 5.23. The summed E-state index contributed by atoms with van der Waals surface area (Å²) in [7, 11) is 1.51. The van der Waals surface area contributed by atoms with E-state index in [9.17, 15) is 13.6 Å². The summed E-state index contributed by atoms with van der Waals surface area (Å²) < 4.78 is 32.5.